The van der Waals surface area contributed by atoms with E-state index in [0.29, 0.717) is 38.7 Å². The molecular weight excluding hydrogens is 382 g/mol. The van der Waals surface area contributed by atoms with E-state index < -0.39 is 0 Å². The molecule has 4 rings (SSSR count). The van der Waals surface area contributed by atoms with Gasteiger partial charge >= 0.3 is 6.09 Å². The summed E-state index contributed by atoms with van der Waals surface area (Å²) in [4.78, 5) is 31.0. The van der Waals surface area contributed by atoms with Gasteiger partial charge in [0.2, 0.25) is 5.91 Å². The molecule has 2 amide bonds. The SMILES string of the molecule is CCOC(=O)N1CCN(C(=O)[C@@H]2CC23CCN(Cc2ccc(OC)cc2)CC3)CC1. The van der Waals surface area contributed by atoms with E-state index in [1.165, 1.54) is 5.56 Å². The van der Waals surface area contributed by atoms with Gasteiger partial charge in [0, 0.05) is 38.6 Å². The normalized spacial score (nSPS) is 23.3. The highest BCUT2D eigenvalue weighted by Crippen LogP contribution is 2.60. The second-order valence-electron chi connectivity index (χ2n) is 8.75. The van der Waals surface area contributed by atoms with Gasteiger partial charge in [-0.15, -0.1) is 0 Å². The van der Waals surface area contributed by atoms with Crippen molar-refractivity contribution in [3.8, 4) is 5.75 Å². The van der Waals surface area contributed by atoms with Crippen LogP contribution in [0.1, 0.15) is 31.7 Å². The molecule has 1 spiro atoms. The van der Waals surface area contributed by atoms with Crippen LogP contribution >= 0.6 is 0 Å². The largest absolute Gasteiger partial charge is 0.497 e. The topological polar surface area (TPSA) is 62.3 Å². The number of ether oxygens (including phenoxy) is 2. The zero-order valence-electron chi connectivity index (χ0n) is 18.1. The fourth-order valence-electron chi connectivity index (χ4n) is 4.94. The molecule has 0 aromatic heterocycles. The molecule has 164 valence electrons. The Morgan fingerprint density at radius 3 is 2.23 bits per heavy atom. The third-order valence-electron chi connectivity index (χ3n) is 7.02. The third-order valence-corrected chi connectivity index (χ3v) is 7.02. The number of piperazine rings is 1. The van der Waals surface area contributed by atoms with Crippen molar-refractivity contribution in [1.29, 1.82) is 0 Å². The van der Waals surface area contributed by atoms with Crippen molar-refractivity contribution < 1.29 is 19.1 Å². The summed E-state index contributed by atoms with van der Waals surface area (Å²) >= 11 is 0. The first-order valence-corrected chi connectivity index (χ1v) is 11.1. The molecule has 0 unspecified atom stereocenters. The highest BCUT2D eigenvalue weighted by Gasteiger charge is 2.59. The average molecular weight is 416 g/mol. The molecule has 2 aliphatic heterocycles. The van der Waals surface area contributed by atoms with Gasteiger partial charge in [-0.1, -0.05) is 12.1 Å². The van der Waals surface area contributed by atoms with Crippen molar-refractivity contribution in [3.05, 3.63) is 29.8 Å². The van der Waals surface area contributed by atoms with Gasteiger partial charge in [-0.05, 0) is 62.4 Å². The van der Waals surface area contributed by atoms with E-state index in [-0.39, 0.29) is 17.4 Å². The fraction of sp³-hybridized carbons (Fsp3) is 0.652. The van der Waals surface area contributed by atoms with E-state index in [0.717, 1.165) is 44.6 Å². The predicted octanol–water partition coefficient (Wildman–Crippen LogP) is 2.60. The van der Waals surface area contributed by atoms with Gasteiger partial charge in [0.25, 0.3) is 0 Å². The quantitative estimate of drug-likeness (QED) is 0.740. The second kappa shape index (κ2) is 8.84. The Balaban J connectivity index is 1.22. The lowest BCUT2D eigenvalue weighted by Gasteiger charge is -2.36. The molecule has 7 nitrogen and oxygen atoms in total. The number of likely N-dealkylation sites (tertiary alicyclic amines) is 1. The Kier molecular flexibility index (Phi) is 6.18. The van der Waals surface area contributed by atoms with Crippen molar-refractivity contribution in [3.63, 3.8) is 0 Å². The second-order valence-corrected chi connectivity index (χ2v) is 8.75. The van der Waals surface area contributed by atoms with Gasteiger partial charge in [-0.3, -0.25) is 9.69 Å². The van der Waals surface area contributed by atoms with Crippen LogP contribution in [-0.4, -0.2) is 79.7 Å². The molecule has 0 N–H and O–H groups in total. The maximum absolute atomic E-state index is 13.0. The lowest BCUT2D eigenvalue weighted by atomic mass is 9.90. The van der Waals surface area contributed by atoms with Crippen LogP contribution in [0, 0.1) is 11.3 Å². The zero-order chi connectivity index (χ0) is 21.1. The van der Waals surface area contributed by atoms with Crippen LogP contribution in [-0.2, 0) is 16.1 Å². The molecule has 30 heavy (non-hydrogen) atoms. The van der Waals surface area contributed by atoms with E-state index in [1.807, 2.05) is 24.0 Å². The number of amides is 2. The van der Waals surface area contributed by atoms with Crippen molar-refractivity contribution in [2.24, 2.45) is 11.3 Å². The number of benzene rings is 1. The molecule has 0 bridgehead atoms. The molecule has 1 aromatic carbocycles. The molecule has 3 aliphatic rings. The number of piperidine rings is 1. The minimum absolute atomic E-state index is 0.176. The Morgan fingerprint density at radius 2 is 1.63 bits per heavy atom. The monoisotopic (exact) mass is 415 g/mol. The number of rotatable bonds is 5. The van der Waals surface area contributed by atoms with Crippen molar-refractivity contribution in [2.45, 2.75) is 32.7 Å². The van der Waals surface area contributed by atoms with E-state index >= 15 is 0 Å². The van der Waals surface area contributed by atoms with Crippen molar-refractivity contribution in [1.82, 2.24) is 14.7 Å². The first kappa shape index (κ1) is 21.0. The maximum atomic E-state index is 13.0. The predicted molar refractivity (Wildman–Crippen MR) is 113 cm³/mol. The number of methoxy groups -OCH3 is 1. The molecule has 1 aromatic rings. The lowest BCUT2D eigenvalue weighted by Crippen LogP contribution is -2.51. The van der Waals surface area contributed by atoms with Gasteiger partial charge in [-0.25, -0.2) is 4.79 Å². The first-order valence-electron chi connectivity index (χ1n) is 11.1. The van der Waals surface area contributed by atoms with Crippen LogP contribution in [0.25, 0.3) is 0 Å². The maximum Gasteiger partial charge on any atom is 0.409 e. The van der Waals surface area contributed by atoms with E-state index in [9.17, 15) is 9.59 Å². The molecular formula is C23H33N3O4. The van der Waals surface area contributed by atoms with Crippen molar-refractivity contribution >= 4 is 12.0 Å². The Labute approximate surface area is 178 Å². The van der Waals surface area contributed by atoms with Crippen LogP contribution in [0.2, 0.25) is 0 Å². The Hall–Kier alpha value is -2.28. The molecule has 2 saturated heterocycles. The Morgan fingerprint density at radius 1 is 1.00 bits per heavy atom. The summed E-state index contributed by atoms with van der Waals surface area (Å²) in [6.45, 7) is 7.62. The Bertz CT molecular complexity index is 750. The minimum atomic E-state index is -0.267. The standard InChI is InChI=1S/C23H33N3O4/c1-3-30-22(28)26-14-12-25(13-15-26)21(27)20-16-23(20)8-10-24(11-9-23)17-18-4-6-19(29-2)7-5-18/h4-7,20H,3,8-17H2,1-2H3/t20-/m0/s1. The van der Waals surface area contributed by atoms with Crippen molar-refractivity contribution in [2.75, 3.05) is 53.0 Å². The summed E-state index contributed by atoms with van der Waals surface area (Å²) in [5.74, 6) is 1.36. The summed E-state index contributed by atoms with van der Waals surface area (Å²) in [5, 5.41) is 0. The molecule has 1 saturated carbocycles. The molecule has 2 heterocycles. The van der Waals surface area contributed by atoms with Crippen LogP contribution in [0.3, 0.4) is 0 Å². The first-order chi connectivity index (χ1) is 14.5. The molecule has 3 fully saturated rings. The summed E-state index contributed by atoms with van der Waals surface area (Å²) in [7, 11) is 1.69. The van der Waals surface area contributed by atoms with Gasteiger partial charge in [-0.2, -0.15) is 0 Å². The molecule has 0 radical (unpaired) electrons. The van der Waals surface area contributed by atoms with Gasteiger partial charge < -0.3 is 19.3 Å². The number of carbonyl (C=O) groups excluding carboxylic acids is 2. The minimum Gasteiger partial charge on any atom is -0.497 e. The fourth-order valence-corrected chi connectivity index (χ4v) is 4.94. The molecule has 1 atom stereocenters. The van der Waals surface area contributed by atoms with Gasteiger partial charge in [0.15, 0.2) is 0 Å². The van der Waals surface area contributed by atoms with Gasteiger partial charge in [0.05, 0.1) is 13.7 Å². The summed E-state index contributed by atoms with van der Waals surface area (Å²) < 4.78 is 10.3. The summed E-state index contributed by atoms with van der Waals surface area (Å²) in [6.07, 6.45) is 2.96. The lowest BCUT2D eigenvalue weighted by molar-refractivity contribution is -0.135. The number of hydrogen-bond acceptors (Lipinski definition) is 5. The van der Waals surface area contributed by atoms with Crippen LogP contribution in [0.5, 0.6) is 5.75 Å². The van der Waals surface area contributed by atoms with Crippen LogP contribution in [0.15, 0.2) is 24.3 Å². The van der Waals surface area contributed by atoms with E-state index in [4.69, 9.17) is 9.47 Å². The number of nitrogens with zero attached hydrogens (tertiary/aromatic N) is 3. The number of carbonyl (C=O) groups is 2. The zero-order valence-corrected chi connectivity index (χ0v) is 18.1. The van der Waals surface area contributed by atoms with Crippen LogP contribution < -0.4 is 4.74 Å². The highest BCUT2D eigenvalue weighted by molar-refractivity contribution is 5.83. The third kappa shape index (κ3) is 4.41. The van der Waals surface area contributed by atoms with E-state index in [1.54, 1.807) is 12.0 Å². The summed E-state index contributed by atoms with van der Waals surface area (Å²) in [5.41, 5.74) is 1.51. The molecule has 7 heteroatoms. The average Bonchev–Trinajstić information content (AvgIpc) is 3.49. The van der Waals surface area contributed by atoms with E-state index in [2.05, 4.69) is 17.0 Å². The number of hydrogen-bond donors (Lipinski definition) is 0. The molecule has 1 aliphatic carbocycles. The highest BCUT2D eigenvalue weighted by atomic mass is 16.6. The van der Waals surface area contributed by atoms with Crippen LogP contribution in [0.4, 0.5) is 4.79 Å². The smallest absolute Gasteiger partial charge is 0.409 e. The van der Waals surface area contributed by atoms with Gasteiger partial charge in [0.1, 0.15) is 5.75 Å². The summed E-state index contributed by atoms with van der Waals surface area (Å²) in [6, 6.07) is 8.28.